The summed E-state index contributed by atoms with van der Waals surface area (Å²) in [5.41, 5.74) is 5.52. The molecule has 0 aromatic carbocycles. The molecule has 5 nitrogen and oxygen atoms in total. The van der Waals surface area contributed by atoms with Crippen LogP contribution in [-0.2, 0) is 0 Å². The first kappa shape index (κ1) is 9.70. The summed E-state index contributed by atoms with van der Waals surface area (Å²) < 4.78 is 0. The molecule has 0 aliphatic rings. The van der Waals surface area contributed by atoms with Crippen molar-refractivity contribution in [1.29, 1.82) is 0 Å². The van der Waals surface area contributed by atoms with Crippen LogP contribution < -0.4 is 10.6 Å². The van der Waals surface area contributed by atoms with Gasteiger partial charge in [-0.25, -0.2) is 0 Å². The molecule has 13 heavy (non-hydrogen) atoms. The van der Waals surface area contributed by atoms with Crippen LogP contribution in [0.15, 0.2) is 0 Å². The number of aromatic nitrogens is 3. The van der Waals surface area contributed by atoms with Crippen molar-refractivity contribution in [3.63, 3.8) is 0 Å². The lowest BCUT2D eigenvalue weighted by Gasteiger charge is -2.18. The van der Waals surface area contributed by atoms with Crippen LogP contribution in [0, 0.1) is 6.92 Å². The fraction of sp³-hybridized carbons (Fsp3) is 0.625. The first-order valence-corrected chi connectivity index (χ1v) is 4.40. The van der Waals surface area contributed by atoms with Crippen LogP contribution in [0.5, 0.6) is 0 Å². The Kier molecular flexibility index (Phi) is 3.00. The molecule has 2 N–H and O–H groups in total. The van der Waals surface area contributed by atoms with Crippen molar-refractivity contribution in [1.82, 2.24) is 15.0 Å². The van der Waals surface area contributed by atoms with Gasteiger partial charge in [0.2, 0.25) is 11.9 Å². The number of nitrogens with zero attached hydrogens (tertiary/aromatic N) is 4. The zero-order valence-electron chi connectivity index (χ0n) is 8.28. The normalized spacial score (nSPS) is 10.1. The number of hydrogen-bond donors (Lipinski definition) is 1. The van der Waals surface area contributed by atoms with Crippen molar-refractivity contribution < 1.29 is 0 Å². The predicted molar refractivity (Wildman–Crippen MR) is 52.5 cm³/mol. The molecule has 72 valence electrons. The Balaban J connectivity index is 2.99. The molecule has 5 heteroatoms. The van der Waals surface area contributed by atoms with Gasteiger partial charge in [-0.2, -0.15) is 15.0 Å². The summed E-state index contributed by atoms with van der Waals surface area (Å²) in [7, 11) is 0. The van der Waals surface area contributed by atoms with Crippen LogP contribution in [0.3, 0.4) is 0 Å². The minimum atomic E-state index is 0.286. The summed E-state index contributed by atoms with van der Waals surface area (Å²) in [6, 6.07) is 0. The lowest BCUT2D eigenvalue weighted by molar-refractivity contribution is 0.805. The zero-order valence-corrected chi connectivity index (χ0v) is 8.28. The molecule has 0 radical (unpaired) electrons. The molecule has 1 heterocycles. The topological polar surface area (TPSA) is 67.9 Å². The standard InChI is InChI=1S/C8H15N5/c1-4-13(5-2)8-11-6(3)10-7(9)12-8/h4-5H2,1-3H3,(H2,9,10,11,12). The number of hydrogen-bond acceptors (Lipinski definition) is 5. The molecular formula is C8H15N5. The number of nitrogens with two attached hydrogens (primary N) is 1. The van der Waals surface area contributed by atoms with Crippen molar-refractivity contribution in [3.05, 3.63) is 5.82 Å². The van der Waals surface area contributed by atoms with Crippen molar-refractivity contribution in [2.24, 2.45) is 0 Å². The molecule has 1 rings (SSSR count). The average Bonchev–Trinajstić information content (AvgIpc) is 2.04. The Bertz CT molecular complexity index is 262. The van der Waals surface area contributed by atoms with Gasteiger partial charge in [-0.05, 0) is 20.8 Å². The van der Waals surface area contributed by atoms with E-state index in [1.165, 1.54) is 0 Å². The van der Waals surface area contributed by atoms with E-state index in [1.54, 1.807) is 0 Å². The van der Waals surface area contributed by atoms with Crippen LogP contribution in [0.1, 0.15) is 19.7 Å². The predicted octanol–water partition coefficient (Wildman–Crippen LogP) is 0.608. The summed E-state index contributed by atoms with van der Waals surface area (Å²) in [5.74, 6) is 1.61. The molecule has 0 saturated carbocycles. The summed E-state index contributed by atoms with van der Waals surface area (Å²) in [6.45, 7) is 7.67. The highest BCUT2D eigenvalue weighted by Gasteiger charge is 2.06. The van der Waals surface area contributed by atoms with Crippen LogP contribution >= 0.6 is 0 Å². The molecule has 1 aromatic rings. The van der Waals surface area contributed by atoms with Gasteiger partial charge in [0.25, 0.3) is 0 Å². The Hall–Kier alpha value is -1.39. The Morgan fingerprint density at radius 1 is 1.15 bits per heavy atom. The minimum absolute atomic E-state index is 0.286. The summed E-state index contributed by atoms with van der Waals surface area (Å²) in [5, 5.41) is 0. The first-order chi connectivity index (χ1) is 6.17. The average molecular weight is 181 g/mol. The van der Waals surface area contributed by atoms with Crippen LogP contribution in [0.4, 0.5) is 11.9 Å². The SMILES string of the molecule is CCN(CC)c1nc(C)nc(N)n1. The molecule has 0 amide bonds. The molecule has 0 atom stereocenters. The molecule has 1 aromatic heterocycles. The lowest BCUT2D eigenvalue weighted by Crippen LogP contribution is -2.25. The highest BCUT2D eigenvalue weighted by Crippen LogP contribution is 2.07. The molecule has 0 fully saturated rings. The smallest absolute Gasteiger partial charge is 0.230 e. The quantitative estimate of drug-likeness (QED) is 0.740. The van der Waals surface area contributed by atoms with Crippen molar-refractivity contribution >= 4 is 11.9 Å². The van der Waals surface area contributed by atoms with Gasteiger partial charge < -0.3 is 10.6 Å². The molecule has 0 saturated heterocycles. The van der Waals surface area contributed by atoms with E-state index in [9.17, 15) is 0 Å². The number of anilines is 2. The maximum Gasteiger partial charge on any atom is 0.230 e. The van der Waals surface area contributed by atoms with Gasteiger partial charge >= 0.3 is 0 Å². The molecule has 0 unspecified atom stereocenters. The highest BCUT2D eigenvalue weighted by atomic mass is 15.3. The summed E-state index contributed by atoms with van der Waals surface area (Å²) in [6.07, 6.45) is 0. The van der Waals surface area contributed by atoms with Crippen LogP contribution in [0.2, 0.25) is 0 Å². The molecule has 0 aliphatic heterocycles. The van der Waals surface area contributed by atoms with Gasteiger partial charge in [0.05, 0.1) is 0 Å². The third-order valence-electron chi connectivity index (χ3n) is 1.80. The maximum absolute atomic E-state index is 5.52. The second-order valence-corrected chi connectivity index (χ2v) is 2.71. The van der Waals surface area contributed by atoms with Crippen molar-refractivity contribution in [3.8, 4) is 0 Å². The van der Waals surface area contributed by atoms with E-state index in [-0.39, 0.29) is 5.95 Å². The second-order valence-electron chi connectivity index (χ2n) is 2.71. The number of nitrogen functional groups attached to an aromatic ring is 1. The first-order valence-electron chi connectivity index (χ1n) is 4.40. The number of aryl methyl sites for hydroxylation is 1. The van der Waals surface area contributed by atoms with Crippen molar-refractivity contribution in [2.45, 2.75) is 20.8 Å². The van der Waals surface area contributed by atoms with Crippen molar-refractivity contribution in [2.75, 3.05) is 23.7 Å². The van der Waals surface area contributed by atoms with Crippen LogP contribution in [0.25, 0.3) is 0 Å². The van der Waals surface area contributed by atoms with E-state index >= 15 is 0 Å². The monoisotopic (exact) mass is 181 g/mol. The fourth-order valence-corrected chi connectivity index (χ4v) is 1.14. The zero-order chi connectivity index (χ0) is 9.84. The fourth-order valence-electron chi connectivity index (χ4n) is 1.14. The Morgan fingerprint density at radius 2 is 1.77 bits per heavy atom. The third-order valence-corrected chi connectivity index (χ3v) is 1.80. The molecule has 0 bridgehead atoms. The van der Waals surface area contributed by atoms with E-state index in [0.717, 1.165) is 13.1 Å². The number of rotatable bonds is 3. The van der Waals surface area contributed by atoms with E-state index in [1.807, 2.05) is 11.8 Å². The van der Waals surface area contributed by atoms with Gasteiger partial charge in [-0.15, -0.1) is 0 Å². The van der Waals surface area contributed by atoms with Crippen LogP contribution in [-0.4, -0.2) is 28.0 Å². The van der Waals surface area contributed by atoms with Gasteiger partial charge in [0, 0.05) is 13.1 Å². The maximum atomic E-state index is 5.52. The third kappa shape index (κ3) is 2.27. The minimum Gasteiger partial charge on any atom is -0.368 e. The Labute approximate surface area is 78.0 Å². The van der Waals surface area contributed by atoms with E-state index in [2.05, 4.69) is 28.8 Å². The summed E-state index contributed by atoms with van der Waals surface area (Å²) in [4.78, 5) is 14.2. The molecular weight excluding hydrogens is 166 g/mol. The van der Waals surface area contributed by atoms with E-state index in [4.69, 9.17) is 5.73 Å². The van der Waals surface area contributed by atoms with Gasteiger partial charge in [-0.3, -0.25) is 0 Å². The van der Waals surface area contributed by atoms with E-state index in [0.29, 0.717) is 11.8 Å². The highest BCUT2D eigenvalue weighted by molar-refractivity contribution is 5.33. The van der Waals surface area contributed by atoms with Gasteiger partial charge in [0.1, 0.15) is 5.82 Å². The largest absolute Gasteiger partial charge is 0.368 e. The summed E-state index contributed by atoms with van der Waals surface area (Å²) >= 11 is 0. The molecule has 0 spiro atoms. The van der Waals surface area contributed by atoms with Gasteiger partial charge in [-0.1, -0.05) is 0 Å². The second kappa shape index (κ2) is 4.02. The van der Waals surface area contributed by atoms with Gasteiger partial charge in [0.15, 0.2) is 0 Å². The molecule has 0 aliphatic carbocycles. The Morgan fingerprint density at radius 3 is 2.23 bits per heavy atom. The van der Waals surface area contributed by atoms with E-state index < -0.39 is 0 Å². The lowest BCUT2D eigenvalue weighted by atomic mass is 10.5.